The van der Waals surface area contributed by atoms with Crippen molar-refractivity contribution in [3.63, 3.8) is 0 Å². The predicted octanol–water partition coefficient (Wildman–Crippen LogP) is 18.8. The molecule has 18 rings (SSSR count). The highest BCUT2D eigenvalue weighted by molar-refractivity contribution is 7.99. The minimum Gasteiger partial charge on any atom is -0.457 e. The van der Waals surface area contributed by atoms with Gasteiger partial charge in [-0.05, 0) is 149 Å². The molecule has 2 nitrogen and oxygen atoms in total. The monoisotopic (exact) mass is 1010 g/mol. The third kappa shape index (κ3) is 5.07. The van der Waals surface area contributed by atoms with E-state index >= 15 is 0 Å². The summed E-state index contributed by atoms with van der Waals surface area (Å²) in [5.74, 6) is 1.77. The molecule has 0 aromatic heterocycles. The van der Waals surface area contributed by atoms with E-state index in [1.807, 2.05) is 11.8 Å². The van der Waals surface area contributed by atoms with E-state index in [0.717, 1.165) is 39.7 Å². The molecule has 4 aliphatic carbocycles. The molecule has 3 spiro atoms. The summed E-state index contributed by atoms with van der Waals surface area (Å²) >= 11 is 1.89. The molecule has 12 aromatic rings. The maximum Gasteiger partial charge on any atom is 0.132 e. The van der Waals surface area contributed by atoms with E-state index in [0.29, 0.717) is 0 Å². The lowest BCUT2D eigenvalue weighted by Gasteiger charge is -2.40. The number of benzene rings is 12. The van der Waals surface area contributed by atoms with Gasteiger partial charge in [0.2, 0.25) is 0 Å². The fourth-order valence-corrected chi connectivity index (χ4v) is 16.9. The van der Waals surface area contributed by atoms with Gasteiger partial charge in [-0.15, -0.1) is 0 Å². The van der Waals surface area contributed by atoms with Gasteiger partial charge < -0.3 is 9.64 Å². The molecule has 0 amide bonds. The van der Waals surface area contributed by atoms with Crippen molar-refractivity contribution in [2.75, 3.05) is 4.90 Å². The van der Waals surface area contributed by atoms with Gasteiger partial charge in [0.1, 0.15) is 11.5 Å². The van der Waals surface area contributed by atoms with Crippen molar-refractivity contribution >= 4 is 28.8 Å². The Labute approximate surface area is 457 Å². The van der Waals surface area contributed by atoms with Gasteiger partial charge in [-0.25, -0.2) is 0 Å². The highest BCUT2D eigenvalue weighted by Gasteiger charge is 2.55. The fourth-order valence-electron chi connectivity index (χ4n) is 15.7. The largest absolute Gasteiger partial charge is 0.457 e. The Balaban J connectivity index is 0.948. The van der Waals surface area contributed by atoms with Gasteiger partial charge in [-0.1, -0.05) is 230 Å². The molecule has 0 saturated carbocycles. The minimum atomic E-state index is -0.644. The molecule has 0 bridgehead atoms. The standard InChI is InChI=1S/C75H45NOS/c1-6-25-55-48(20-1)49-21-2-7-26-56(49)73(55)59-29-10-5-24-53(59)72-65(73)34-19-35-67(72)76(46-41-43-60-54(44-46)51-23-4-9-28-58(51)74(60)63-32-13-17-38-70(63)78-71-39-18-14-33-64(71)74)47-40-42-52-50-22-3-8-27-57(50)75(66(52)45-47)61-30-11-15-36-68(61)77-69-37-16-12-31-62(69)75/h1-45H. The second-order valence-electron chi connectivity index (χ2n) is 21.7. The molecule has 2 heterocycles. The van der Waals surface area contributed by atoms with E-state index in [4.69, 9.17) is 4.74 Å². The van der Waals surface area contributed by atoms with Crippen LogP contribution in [0.5, 0.6) is 11.5 Å². The predicted molar refractivity (Wildman–Crippen MR) is 316 cm³/mol. The number of hydrogen-bond donors (Lipinski definition) is 0. The van der Waals surface area contributed by atoms with E-state index in [2.05, 4.69) is 278 Å². The van der Waals surface area contributed by atoms with Crippen LogP contribution in [0.2, 0.25) is 0 Å². The van der Waals surface area contributed by atoms with Gasteiger partial charge in [-0.3, -0.25) is 0 Å². The van der Waals surface area contributed by atoms with Crippen molar-refractivity contribution in [1.29, 1.82) is 0 Å². The molecule has 0 radical (unpaired) electrons. The highest BCUT2D eigenvalue weighted by atomic mass is 32.2. The van der Waals surface area contributed by atoms with Crippen molar-refractivity contribution in [3.8, 4) is 56.0 Å². The Morgan fingerprint density at radius 2 is 0.628 bits per heavy atom. The van der Waals surface area contributed by atoms with E-state index in [-0.39, 0.29) is 0 Å². The summed E-state index contributed by atoms with van der Waals surface area (Å²) in [5.41, 5.74) is 27.2. The smallest absolute Gasteiger partial charge is 0.132 e. The second kappa shape index (κ2) is 15.4. The number of para-hydroxylation sites is 2. The zero-order chi connectivity index (χ0) is 50.9. The van der Waals surface area contributed by atoms with Crippen LogP contribution < -0.4 is 9.64 Å². The summed E-state index contributed by atoms with van der Waals surface area (Å²) < 4.78 is 6.84. The highest BCUT2D eigenvalue weighted by Crippen LogP contribution is 2.68. The van der Waals surface area contributed by atoms with Crippen LogP contribution >= 0.6 is 11.8 Å². The van der Waals surface area contributed by atoms with E-state index in [1.165, 1.54) is 110 Å². The first-order chi connectivity index (χ1) is 38.7. The minimum absolute atomic E-state index is 0.494. The van der Waals surface area contributed by atoms with Crippen LogP contribution in [-0.4, -0.2) is 0 Å². The lowest BCUT2D eigenvalue weighted by atomic mass is 9.66. The molecule has 12 aromatic carbocycles. The Kier molecular flexibility index (Phi) is 8.43. The summed E-state index contributed by atoms with van der Waals surface area (Å²) in [5, 5.41) is 0. The molecule has 362 valence electrons. The van der Waals surface area contributed by atoms with Crippen molar-refractivity contribution in [2.45, 2.75) is 26.0 Å². The van der Waals surface area contributed by atoms with Crippen molar-refractivity contribution in [1.82, 2.24) is 0 Å². The number of nitrogens with zero attached hydrogens (tertiary/aromatic N) is 1. The number of hydrogen-bond acceptors (Lipinski definition) is 3. The molecule has 78 heavy (non-hydrogen) atoms. The maximum atomic E-state index is 6.84. The summed E-state index contributed by atoms with van der Waals surface area (Å²) in [4.78, 5) is 5.20. The normalized spacial score (nSPS) is 15.3. The zero-order valence-corrected chi connectivity index (χ0v) is 43.1. The molecule has 6 aliphatic rings. The van der Waals surface area contributed by atoms with Crippen LogP contribution in [0.25, 0.3) is 44.5 Å². The van der Waals surface area contributed by atoms with E-state index < -0.39 is 16.2 Å². The molecule has 0 N–H and O–H groups in total. The lowest BCUT2D eigenvalue weighted by Crippen LogP contribution is -2.32. The first-order valence-electron chi connectivity index (χ1n) is 27.2. The van der Waals surface area contributed by atoms with Crippen LogP contribution in [0.1, 0.15) is 66.8 Å². The van der Waals surface area contributed by atoms with Crippen molar-refractivity contribution < 1.29 is 4.74 Å². The topological polar surface area (TPSA) is 12.5 Å². The Hall–Kier alpha value is -9.41. The van der Waals surface area contributed by atoms with Crippen LogP contribution in [0.4, 0.5) is 17.1 Å². The Morgan fingerprint density at radius 1 is 0.256 bits per heavy atom. The summed E-state index contributed by atoms with van der Waals surface area (Å²) in [6.07, 6.45) is 0. The molecule has 0 fully saturated rings. The first-order valence-corrected chi connectivity index (χ1v) is 28.0. The third-order valence-corrected chi connectivity index (χ3v) is 19.6. The molecule has 0 saturated heterocycles. The van der Waals surface area contributed by atoms with Gasteiger partial charge in [0.15, 0.2) is 0 Å². The summed E-state index contributed by atoms with van der Waals surface area (Å²) in [7, 11) is 0. The second-order valence-corrected chi connectivity index (χ2v) is 22.7. The van der Waals surface area contributed by atoms with E-state index in [1.54, 1.807) is 0 Å². The third-order valence-electron chi connectivity index (χ3n) is 18.4. The summed E-state index contributed by atoms with van der Waals surface area (Å²) in [6.45, 7) is 0. The Bertz CT molecular complexity index is 4480. The van der Waals surface area contributed by atoms with Crippen LogP contribution in [-0.2, 0) is 16.2 Å². The van der Waals surface area contributed by atoms with Crippen LogP contribution in [0, 0.1) is 0 Å². The van der Waals surface area contributed by atoms with E-state index in [9.17, 15) is 0 Å². The van der Waals surface area contributed by atoms with Crippen molar-refractivity contribution in [3.05, 3.63) is 340 Å². The number of rotatable bonds is 3. The average Bonchev–Trinajstić information content (AvgIpc) is 4.33. The zero-order valence-electron chi connectivity index (χ0n) is 42.2. The number of anilines is 3. The summed E-state index contributed by atoms with van der Waals surface area (Å²) in [6, 6.07) is 103. The quantitative estimate of drug-likeness (QED) is 0.175. The number of fused-ring (bicyclic) bond motifs is 28. The Morgan fingerprint density at radius 3 is 1.19 bits per heavy atom. The molecule has 2 aliphatic heterocycles. The molecular weight excluding hydrogens is 963 g/mol. The molecule has 0 unspecified atom stereocenters. The fraction of sp³-hybridized carbons (Fsp3) is 0.0400. The maximum absolute atomic E-state index is 6.84. The first kappa shape index (κ1) is 42.8. The van der Waals surface area contributed by atoms with Gasteiger partial charge in [0.25, 0.3) is 0 Å². The lowest BCUT2D eigenvalue weighted by molar-refractivity contribution is 0.436. The van der Waals surface area contributed by atoms with Gasteiger partial charge in [0, 0.05) is 37.9 Å². The van der Waals surface area contributed by atoms with Crippen LogP contribution in [0.15, 0.2) is 283 Å². The molecule has 0 atom stereocenters. The van der Waals surface area contributed by atoms with Gasteiger partial charge >= 0.3 is 0 Å². The van der Waals surface area contributed by atoms with Gasteiger partial charge in [-0.2, -0.15) is 0 Å². The van der Waals surface area contributed by atoms with Crippen molar-refractivity contribution in [2.24, 2.45) is 0 Å². The number of ether oxygens (including phenoxy) is 1. The molecular formula is C75H45NOS. The van der Waals surface area contributed by atoms with Gasteiger partial charge in [0.05, 0.1) is 21.9 Å². The molecule has 3 heteroatoms. The average molecular weight is 1010 g/mol. The van der Waals surface area contributed by atoms with Crippen LogP contribution in [0.3, 0.4) is 0 Å². The SMILES string of the molecule is c1ccc2c(c1)Oc1ccccc1C21c2ccccc2-c2ccc(N(c3ccc4c(c3)-c3ccccc3C43c4ccccc4Sc4ccccc43)c3cccc4c3-c3ccccc3C43c4ccccc4-c4ccccc43)cc21.